The zero-order valence-electron chi connectivity index (χ0n) is 23.5. The second kappa shape index (κ2) is 15.5. The van der Waals surface area contributed by atoms with E-state index in [4.69, 9.17) is 21.4 Å². The Balaban J connectivity index is 1.41. The number of ether oxygens (including phenoxy) is 1. The Kier molecular flexibility index (Phi) is 11.7. The van der Waals surface area contributed by atoms with E-state index in [9.17, 15) is 18.3 Å². The first-order valence-corrected chi connectivity index (χ1v) is 16.3. The molecule has 1 aliphatic carbocycles. The minimum atomic E-state index is -3.88. The van der Waals surface area contributed by atoms with E-state index in [-0.39, 0.29) is 30.4 Å². The first-order valence-electron chi connectivity index (χ1n) is 14.3. The van der Waals surface area contributed by atoms with Gasteiger partial charge in [-0.2, -0.15) is 0 Å². The minimum Gasteiger partial charge on any atom is -0.490 e. The van der Waals surface area contributed by atoms with Gasteiger partial charge >= 0.3 is 0 Å². The van der Waals surface area contributed by atoms with E-state index in [1.807, 2.05) is 24.3 Å². The number of carbonyl (C=O) groups excluding carboxylic acids is 1. The molecular weight excluding hydrogens is 578 g/mol. The molecule has 0 radical (unpaired) electrons. The molecule has 0 bridgehead atoms. The summed E-state index contributed by atoms with van der Waals surface area (Å²) in [5, 5.41) is 22.9. The van der Waals surface area contributed by atoms with Crippen LogP contribution in [0.3, 0.4) is 0 Å². The van der Waals surface area contributed by atoms with Crippen LogP contribution in [-0.4, -0.2) is 61.1 Å². The zero-order valence-corrected chi connectivity index (χ0v) is 25.0. The molecule has 1 atom stereocenters. The highest BCUT2D eigenvalue weighted by molar-refractivity contribution is 7.90. The van der Waals surface area contributed by atoms with Gasteiger partial charge in [0.2, 0.25) is 10.0 Å². The Hall–Kier alpha value is -3.02. The molecule has 1 saturated carbocycles. The molecule has 11 heteroatoms. The molecule has 0 aliphatic heterocycles. The van der Waals surface area contributed by atoms with E-state index in [0.29, 0.717) is 29.6 Å². The van der Waals surface area contributed by atoms with Gasteiger partial charge in [-0.15, -0.1) is 0 Å². The fourth-order valence-corrected chi connectivity index (χ4v) is 6.00. The summed E-state index contributed by atoms with van der Waals surface area (Å²) >= 11 is 5.81. The number of nitrogens with one attached hydrogen (secondary N) is 2. The number of aromatic nitrogens is 1. The van der Waals surface area contributed by atoms with E-state index in [1.165, 1.54) is 0 Å². The Morgan fingerprint density at radius 1 is 1.05 bits per heavy atom. The number of aliphatic hydroxyl groups excluding tert-OH is 2. The molecule has 4 rings (SSSR count). The van der Waals surface area contributed by atoms with Crippen molar-refractivity contribution in [3.8, 4) is 16.9 Å². The van der Waals surface area contributed by atoms with Gasteiger partial charge in [-0.3, -0.25) is 4.79 Å². The van der Waals surface area contributed by atoms with Crippen molar-refractivity contribution in [1.82, 2.24) is 15.0 Å². The number of carbonyl (C=O) groups is 1. The van der Waals surface area contributed by atoms with Gasteiger partial charge in [-0.05, 0) is 80.0 Å². The summed E-state index contributed by atoms with van der Waals surface area (Å²) < 4.78 is 33.0. The van der Waals surface area contributed by atoms with Crippen LogP contribution in [0.4, 0.5) is 0 Å². The smallest absolute Gasteiger partial charge is 0.268 e. The molecule has 3 aromatic rings. The first-order chi connectivity index (χ1) is 20.2. The number of nitrogens with zero attached hydrogens (tertiary/aromatic N) is 1. The molecule has 4 N–H and O–H groups in total. The Morgan fingerprint density at radius 2 is 1.79 bits per heavy atom. The quantitative estimate of drug-likeness (QED) is 0.154. The van der Waals surface area contributed by atoms with Gasteiger partial charge in [0.1, 0.15) is 10.9 Å². The number of amides is 1. The highest BCUT2D eigenvalue weighted by atomic mass is 35.5. The van der Waals surface area contributed by atoms with Crippen LogP contribution in [0, 0.1) is 0 Å². The normalized spacial score (nSPS) is 14.8. The molecule has 1 aromatic heterocycles. The van der Waals surface area contributed by atoms with Crippen LogP contribution in [0.5, 0.6) is 5.75 Å². The Labute approximate surface area is 252 Å². The van der Waals surface area contributed by atoms with Crippen molar-refractivity contribution in [2.24, 2.45) is 0 Å². The number of halogens is 1. The van der Waals surface area contributed by atoms with E-state index in [2.05, 4.69) is 15.0 Å². The Morgan fingerprint density at radius 3 is 2.48 bits per heavy atom. The second-order valence-corrected chi connectivity index (χ2v) is 12.7. The van der Waals surface area contributed by atoms with E-state index < -0.39 is 22.0 Å². The average Bonchev–Trinajstić information content (AvgIpc) is 2.99. The molecule has 0 saturated heterocycles. The molecule has 9 nitrogen and oxygen atoms in total. The van der Waals surface area contributed by atoms with Crippen molar-refractivity contribution in [2.45, 2.75) is 57.2 Å². The van der Waals surface area contributed by atoms with E-state index in [0.717, 1.165) is 55.2 Å². The lowest BCUT2D eigenvalue weighted by Gasteiger charge is -2.24. The van der Waals surface area contributed by atoms with Crippen LogP contribution in [0.1, 0.15) is 66.1 Å². The van der Waals surface area contributed by atoms with Gasteiger partial charge in [0.15, 0.2) is 0 Å². The second-order valence-electron chi connectivity index (χ2n) is 10.5. The summed E-state index contributed by atoms with van der Waals surface area (Å²) in [5.41, 5.74) is 3.78. The van der Waals surface area contributed by atoms with Crippen molar-refractivity contribution < 1.29 is 28.2 Å². The molecule has 1 amide bonds. The summed E-state index contributed by atoms with van der Waals surface area (Å²) in [6.07, 6.45) is 6.70. The van der Waals surface area contributed by atoms with Gasteiger partial charge < -0.3 is 20.3 Å². The lowest BCUT2D eigenvalue weighted by Crippen LogP contribution is -2.33. The summed E-state index contributed by atoms with van der Waals surface area (Å²) in [6, 6.07) is 16.7. The number of hydrogen-bond donors (Lipinski definition) is 4. The van der Waals surface area contributed by atoms with Crippen molar-refractivity contribution in [3.63, 3.8) is 0 Å². The largest absolute Gasteiger partial charge is 0.490 e. The highest BCUT2D eigenvalue weighted by Crippen LogP contribution is 2.31. The topological polar surface area (TPSA) is 138 Å². The molecule has 2 aromatic carbocycles. The maximum Gasteiger partial charge on any atom is 0.268 e. The standard InChI is InChI=1S/C31H38ClN3O6S/c32-30-14-12-25(20-34-30)28(37)21-33-16-15-22-7-9-23(10-8-22)24-11-13-27(31(38)35-42(39,40)18-4-17-36)29(19-24)41-26-5-2-1-3-6-26/h7-14,19-20,26,28,33,36-37H,1-6,15-18,21H2,(H,35,38)/t28-/m0/s1. The Bertz CT molecular complexity index is 1410. The first kappa shape index (κ1) is 31.9. The molecule has 1 heterocycles. The van der Waals surface area contributed by atoms with Crippen molar-refractivity contribution in [2.75, 3.05) is 25.4 Å². The maximum atomic E-state index is 13.0. The van der Waals surface area contributed by atoms with Crippen LogP contribution in [0.15, 0.2) is 60.8 Å². The van der Waals surface area contributed by atoms with E-state index in [1.54, 1.807) is 36.5 Å². The lowest BCUT2D eigenvalue weighted by atomic mass is 9.97. The number of hydrogen-bond acceptors (Lipinski definition) is 8. The monoisotopic (exact) mass is 615 g/mol. The van der Waals surface area contributed by atoms with Gasteiger partial charge in [0.25, 0.3) is 5.91 Å². The molecule has 42 heavy (non-hydrogen) atoms. The molecule has 1 fully saturated rings. The lowest BCUT2D eigenvalue weighted by molar-refractivity contribution is 0.0969. The number of benzene rings is 2. The summed E-state index contributed by atoms with van der Waals surface area (Å²) in [7, 11) is -3.88. The van der Waals surface area contributed by atoms with Crippen molar-refractivity contribution in [3.05, 3.63) is 82.6 Å². The predicted octanol–water partition coefficient (Wildman–Crippen LogP) is 4.42. The fourth-order valence-electron chi connectivity index (χ4n) is 4.89. The zero-order chi connectivity index (χ0) is 30.0. The third kappa shape index (κ3) is 9.50. The van der Waals surface area contributed by atoms with Crippen LogP contribution < -0.4 is 14.8 Å². The van der Waals surface area contributed by atoms with Crippen LogP contribution in [-0.2, 0) is 16.4 Å². The molecule has 1 aliphatic rings. The summed E-state index contributed by atoms with van der Waals surface area (Å²) in [6.45, 7) is 0.802. The van der Waals surface area contributed by atoms with Gasteiger partial charge in [-0.1, -0.05) is 54.4 Å². The number of sulfonamides is 1. The van der Waals surface area contributed by atoms with Crippen LogP contribution >= 0.6 is 11.6 Å². The molecule has 0 spiro atoms. The molecule has 226 valence electrons. The van der Waals surface area contributed by atoms with Gasteiger partial charge in [0.05, 0.1) is 23.5 Å². The SMILES string of the molecule is O=C(NS(=O)(=O)CCCO)c1ccc(-c2ccc(CCNC[C@H](O)c3ccc(Cl)nc3)cc2)cc1OC1CCCCC1. The third-order valence-electron chi connectivity index (χ3n) is 7.24. The average molecular weight is 616 g/mol. The minimum absolute atomic E-state index is 0.0316. The number of rotatable bonds is 14. The number of aliphatic hydroxyl groups is 2. The van der Waals surface area contributed by atoms with Crippen molar-refractivity contribution >= 4 is 27.5 Å². The van der Waals surface area contributed by atoms with Crippen LogP contribution in [0.2, 0.25) is 5.15 Å². The summed E-state index contributed by atoms with van der Waals surface area (Å²) in [4.78, 5) is 17.0. The van der Waals surface area contributed by atoms with Gasteiger partial charge in [-0.25, -0.2) is 18.1 Å². The maximum absolute atomic E-state index is 13.0. The van der Waals surface area contributed by atoms with Crippen molar-refractivity contribution in [1.29, 1.82) is 0 Å². The molecular formula is C31H38ClN3O6S. The third-order valence-corrected chi connectivity index (χ3v) is 8.79. The van der Waals surface area contributed by atoms with Gasteiger partial charge in [0, 0.05) is 24.9 Å². The van der Waals surface area contributed by atoms with Crippen LogP contribution in [0.25, 0.3) is 11.1 Å². The van der Waals surface area contributed by atoms with E-state index >= 15 is 0 Å². The highest BCUT2D eigenvalue weighted by Gasteiger charge is 2.23. The number of pyridine rings is 1. The summed E-state index contributed by atoms with van der Waals surface area (Å²) in [5.74, 6) is -0.725. The predicted molar refractivity (Wildman–Crippen MR) is 163 cm³/mol. The fraction of sp³-hybridized carbons (Fsp3) is 0.419. The molecule has 0 unspecified atom stereocenters.